The molecule has 17 heavy (non-hydrogen) atoms. The van der Waals surface area contributed by atoms with Gasteiger partial charge in [0.05, 0.1) is 0 Å². The number of rotatable bonds is 5. The first kappa shape index (κ1) is 12.0. The summed E-state index contributed by atoms with van der Waals surface area (Å²) < 4.78 is 10.9. The molecule has 88 valence electrons. The first-order valence-electron chi connectivity index (χ1n) is 5.34. The van der Waals surface area contributed by atoms with E-state index >= 15 is 0 Å². The molecule has 0 saturated heterocycles. The second-order valence-electron chi connectivity index (χ2n) is 3.50. The van der Waals surface area contributed by atoms with Crippen molar-refractivity contribution >= 4 is 15.9 Å². The predicted octanol–water partition coefficient (Wildman–Crippen LogP) is 4.00. The molecule has 0 fully saturated rings. The zero-order valence-electron chi connectivity index (χ0n) is 9.30. The largest absolute Gasteiger partial charge is 0.489 e. The van der Waals surface area contributed by atoms with Gasteiger partial charge in [0, 0.05) is 0 Å². The third-order valence-electron chi connectivity index (χ3n) is 2.29. The fraction of sp³-hybridized carbons (Fsp3) is 0.143. The molecule has 2 aromatic carbocycles. The van der Waals surface area contributed by atoms with E-state index in [9.17, 15) is 0 Å². The van der Waals surface area contributed by atoms with Crippen LogP contribution in [0.4, 0.5) is 0 Å². The highest BCUT2D eigenvalue weighted by molar-refractivity contribution is 9.09. The van der Waals surface area contributed by atoms with Gasteiger partial charge in [-0.2, -0.15) is 0 Å². The summed E-state index contributed by atoms with van der Waals surface area (Å²) in [7, 11) is 0. The number of hydrogen-bond acceptors (Lipinski definition) is 2. The van der Waals surface area contributed by atoms with Crippen LogP contribution in [-0.4, -0.2) is 5.52 Å². The van der Waals surface area contributed by atoms with Crippen LogP contribution in [0, 0.1) is 0 Å². The standard InChI is InChI=1S/C14H13BrO2/c15-11-17-14-8-6-13(7-9-14)16-10-12-4-2-1-3-5-12/h1-9H,10-11H2. The quantitative estimate of drug-likeness (QED) is 0.776. The number of ether oxygens (including phenoxy) is 2. The summed E-state index contributed by atoms with van der Waals surface area (Å²) in [6.07, 6.45) is 0. The minimum atomic E-state index is 0.497. The molecule has 0 amide bonds. The molecule has 0 heterocycles. The monoisotopic (exact) mass is 292 g/mol. The average Bonchev–Trinajstić information content (AvgIpc) is 2.40. The van der Waals surface area contributed by atoms with Crippen molar-refractivity contribution in [2.24, 2.45) is 0 Å². The van der Waals surface area contributed by atoms with Crippen molar-refractivity contribution in [1.29, 1.82) is 0 Å². The molecule has 0 saturated carbocycles. The fourth-order valence-electron chi connectivity index (χ4n) is 1.44. The van der Waals surface area contributed by atoms with Crippen LogP contribution in [0.2, 0.25) is 0 Å². The summed E-state index contributed by atoms with van der Waals surface area (Å²) in [6.45, 7) is 0.583. The lowest BCUT2D eigenvalue weighted by Gasteiger charge is -2.07. The summed E-state index contributed by atoms with van der Waals surface area (Å²) in [5, 5.41) is 0. The topological polar surface area (TPSA) is 18.5 Å². The summed E-state index contributed by atoms with van der Waals surface area (Å²) in [4.78, 5) is 0. The van der Waals surface area contributed by atoms with E-state index in [1.54, 1.807) is 0 Å². The van der Waals surface area contributed by atoms with Crippen LogP contribution < -0.4 is 9.47 Å². The smallest absolute Gasteiger partial charge is 0.143 e. The van der Waals surface area contributed by atoms with Crippen LogP contribution in [0.1, 0.15) is 5.56 Å². The van der Waals surface area contributed by atoms with Crippen LogP contribution in [0.15, 0.2) is 54.6 Å². The highest BCUT2D eigenvalue weighted by Gasteiger charge is 1.96. The van der Waals surface area contributed by atoms with Gasteiger partial charge >= 0.3 is 0 Å². The molecule has 2 aromatic rings. The van der Waals surface area contributed by atoms with E-state index in [0.717, 1.165) is 17.1 Å². The molecule has 0 aliphatic rings. The Kier molecular flexibility index (Phi) is 4.45. The molecule has 0 unspecified atom stereocenters. The molecule has 0 aliphatic heterocycles. The van der Waals surface area contributed by atoms with Crippen molar-refractivity contribution in [3.63, 3.8) is 0 Å². The van der Waals surface area contributed by atoms with Crippen molar-refractivity contribution in [2.45, 2.75) is 6.61 Å². The van der Waals surface area contributed by atoms with E-state index in [0.29, 0.717) is 12.1 Å². The van der Waals surface area contributed by atoms with Crippen LogP contribution in [0.3, 0.4) is 0 Å². The van der Waals surface area contributed by atoms with Crippen LogP contribution in [-0.2, 0) is 6.61 Å². The van der Waals surface area contributed by atoms with E-state index in [1.807, 2.05) is 54.6 Å². The van der Waals surface area contributed by atoms with E-state index in [4.69, 9.17) is 9.47 Å². The lowest BCUT2D eigenvalue weighted by Crippen LogP contribution is -1.95. The predicted molar refractivity (Wildman–Crippen MR) is 71.6 cm³/mol. The molecule has 0 N–H and O–H groups in total. The van der Waals surface area contributed by atoms with Gasteiger partial charge in [0.2, 0.25) is 0 Å². The van der Waals surface area contributed by atoms with Crippen LogP contribution in [0.5, 0.6) is 11.5 Å². The number of benzene rings is 2. The SMILES string of the molecule is BrCOc1ccc(OCc2ccccc2)cc1. The molecule has 3 heteroatoms. The molecule has 0 radical (unpaired) electrons. The normalized spacial score (nSPS) is 9.94. The Bertz CT molecular complexity index is 440. The van der Waals surface area contributed by atoms with Gasteiger partial charge in [0.1, 0.15) is 23.6 Å². The van der Waals surface area contributed by atoms with E-state index in [1.165, 1.54) is 0 Å². The summed E-state index contributed by atoms with van der Waals surface area (Å²) in [5.41, 5.74) is 1.66. The zero-order chi connectivity index (χ0) is 11.9. The third-order valence-corrected chi connectivity index (χ3v) is 2.52. The zero-order valence-corrected chi connectivity index (χ0v) is 10.9. The maximum Gasteiger partial charge on any atom is 0.143 e. The summed E-state index contributed by atoms with van der Waals surface area (Å²) >= 11 is 3.21. The van der Waals surface area contributed by atoms with Crippen molar-refractivity contribution in [3.05, 3.63) is 60.2 Å². The van der Waals surface area contributed by atoms with Gasteiger partial charge in [0.15, 0.2) is 0 Å². The Labute approximate surface area is 109 Å². The number of alkyl halides is 1. The Morgan fingerprint density at radius 3 is 1.94 bits per heavy atom. The van der Waals surface area contributed by atoms with E-state index in [-0.39, 0.29) is 0 Å². The maximum absolute atomic E-state index is 5.66. The molecule has 0 bridgehead atoms. The molecule has 0 atom stereocenters. The Balaban J connectivity index is 1.91. The Morgan fingerprint density at radius 2 is 1.35 bits per heavy atom. The van der Waals surface area contributed by atoms with Gasteiger partial charge in [-0.1, -0.05) is 30.3 Å². The molecule has 0 aliphatic carbocycles. The van der Waals surface area contributed by atoms with E-state index < -0.39 is 0 Å². The minimum Gasteiger partial charge on any atom is -0.489 e. The lowest BCUT2D eigenvalue weighted by molar-refractivity contribution is 0.305. The van der Waals surface area contributed by atoms with Gasteiger partial charge in [0.25, 0.3) is 0 Å². The third kappa shape index (κ3) is 3.79. The van der Waals surface area contributed by atoms with Crippen molar-refractivity contribution in [1.82, 2.24) is 0 Å². The summed E-state index contributed by atoms with van der Waals surface area (Å²) in [5.74, 6) is 1.67. The number of halogens is 1. The summed E-state index contributed by atoms with van der Waals surface area (Å²) in [6, 6.07) is 17.7. The molecule has 2 nitrogen and oxygen atoms in total. The van der Waals surface area contributed by atoms with Gasteiger partial charge in [-0.3, -0.25) is 0 Å². The van der Waals surface area contributed by atoms with Crippen molar-refractivity contribution in [2.75, 3.05) is 5.52 Å². The van der Waals surface area contributed by atoms with E-state index in [2.05, 4.69) is 15.9 Å². The maximum atomic E-state index is 5.66. The number of hydrogen-bond donors (Lipinski definition) is 0. The van der Waals surface area contributed by atoms with Crippen molar-refractivity contribution in [3.8, 4) is 11.5 Å². The molecule has 2 rings (SSSR count). The van der Waals surface area contributed by atoms with Gasteiger partial charge in [-0.05, 0) is 45.8 Å². The molecule has 0 aromatic heterocycles. The first-order valence-corrected chi connectivity index (χ1v) is 6.46. The molecular weight excluding hydrogens is 280 g/mol. The van der Waals surface area contributed by atoms with Gasteiger partial charge in [-0.15, -0.1) is 0 Å². The second kappa shape index (κ2) is 6.30. The van der Waals surface area contributed by atoms with Crippen molar-refractivity contribution < 1.29 is 9.47 Å². The highest BCUT2D eigenvalue weighted by atomic mass is 79.9. The Hall–Kier alpha value is -1.48. The minimum absolute atomic E-state index is 0.497. The Morgan fingerprint density at radius 1 is 0.765 bits per heavy atom. The molecular formula is C14H13BrO2. The highest BCUT2D eigenvalue weighted by Crippen LogP contribution is 2.18. The van der Waals surface area contributed by atoms with Gasteiger partial charge < -0.3 is 9.47 Å². The van der Waals surface area contributed by atoms with Crippen LogP contribution in [0.25, 0.3) is 0 Å². The fourth-order valence-corrected chi connectivity index (χ4v) is 1.70. The van der Waals surface area contributed by atoms with Gasteiger partial charge in [-0.25, -0.2) is 0 Å². The first-order chi connectivity index (χ1) is 8.38. The lowest BCUT2D eigenvalue weighted by atomic mass is 10.2. The van der Waals surface area contributed by atoms with Crippen LogP contribution >= 0.6 is 15.9 Å². The second-order valence-corrected chi connectivity index (χ2v) is 3.96. The average molecular weight is 293 g/mol. The molecule has 0 spiro atoms.